The summed E-state index contributed by atoms with van der Waals surface area (Å²) < 4.78 is 22.9. The van der Waals surface area contributed by atoms with E-state index in [4.69, 9.17) is 0 Å². The molecule has 7 heteroatoms. The number of anilines is 1. The van der Waals surface area contributed by atoms with Crippen LogP contribution in [0.15, 0.2) is 12.1 Å². The quantitative estimate of drug-likeness (QED) is 0.876. The van der Waals surface area contributed by atoms with Crippen LogP contribution in [0.1, 0.15) is 47.2 Å². The minimum Gasteiger partial charge on any atom is -0.478 e. The van der Waals surface area contributed by atoms with Gasteiger partial charge >= 0.3 is 5.97 Å². The summed E-state index contributed by atoms with van der Waals surface area (Å²) in [7, 11) is -3.56. The van der Waals surface area contributed by atoms with Crippen LogP contribution < -0.4 is 5.32 Å². The summed E-state index contributed by atoms with van der Waals surface area (Å²) >= 11 is 0. The highest BCUT2D eigenvalue weighted by Crippen LogP contribution is 2.38. The van der Waals surface area contributed by atoms with Crippen molar-refractivity contribution in [1.82, 2.24) is 0 Å². The van der Waals surface area contributed by atoms with E-state index in [0.717, 1.165) is 6.26 Å². The number of rotatable bonds is 4. The molecule has 0 aliphatic heterocycles. The van der Waals surface area contributed by atoms with Gasteiger partial charge in [-0.3, -0.25) is 4.79 Å². The Bertz CT molecular complexity index is 761. The average molecular weight is 339 g/mol. The third-order valence-corrected chi connectivity index (χ3v) is 6.60. The van der Waals surface area contributed by atoms with Crippen LogP contribution in [0.3, 0.4) is 0 Å². The van der Waals surface area contributed by atoms with Gasteiger partial charge in [-0.15, -0.1) is 0 Å². The van der Waals surface area contributed by atoms with Crippen molar-refractivity contribution < 1.29 is 23.1 Å². The van der Waals surface area contributed by atoms with Gasteiger partial charge < -0.3 is 10.4 Å². The van der Waals surface area contributed by atoms with Crippen LogP contribution in [0.5, 0.6) is 0 Å². The monoisotopic (exact) mass is 339 g/mol. The first-order chi connectivity index (χ1) is 10.6. The van der Waals surface area contributed by atoms with Crippen molar-refractivity contribution in [1.29, 1.82) is 0 Å². The molecule has 1 aliphatic rings. The number of nitrogens with one attached hydrogen (secondary N) is 1. The smallest absolute Gasteiger partial charge is 0.336 e. The highest BCUT2D eigenvalue weighted by molar-refractivity contribution is 7.92. The highest BCUT2D eigenvalue weighted by Gasteiger charge is 2.50. The maximum absolute atomic E-state index is 12.7. The van der Waals surface area contributed by atoms with Crippen LogP contribution in [0.2, 0.25) is 0 Å². The molecule has 1 amide bonds. The molecule has 1 fully saturated rings. The second-order valence-electron chi connectivity index (χ2n) is 6.21. The molecule has 0 aromatic heterocycles. The fourth-order valence-corrected chi connectivity index (χ4v) is 4.58. The van der Waals surface area contributed by atoms with Crippen molar-refractivity contribution in [3.8, 4) is 0 Å². The van der Waals surface area contributed by atoms with E-state index in [-0.39, 0.29) is 5.56 Å². The molecule has 6 nitrogen and oxygen atoms in total. The number of benzene rings is 1. The van der Waals surface area contributed by atoms with Crippen molar-refractivity contribution in [3.63, 3.8) is 0 Å². The van der Waals surface area contributed by atoms with E-state index in [9.17, 15) is 23.1 Å². The molecule has 1 aromatic rings. The molecule has 23 heavy (non-hydrogen) atoms. The van der Waals surface area contributed by atoms with Crippen molar-refractivity contribution in [3.05, 3.63) is 28.8 Å². The molecule has 1 aliphatic carbocycles. The number of carbonyl (C=O) groups is 2. The molecular weight excluding hydrogens is 318 g/mol. The van der Waals surface area contributed by atoms with E-state index in [2.05, 4.69) is 5.32 Å². The molecule has 0 bridgehead atoms. The molecule has 1 saturated carbocycles. The summed E-state index contributed by atoms with van der Waals surface area (Å²) in [6.45, 7) is 3.42. The summed E-state index contributed by atoms with van der Waals surface area (Å²) in [4.78, 5) is 23.9. The molecule has 0 heterocycles. The molecule has 2 rings (SSSR count). The number of carboxylic acids is 1. The third-order valence-electron chi connectivity index (χ3n) is 4.58. The number of amides is 1. The van der Waals surface area contributed by atoms with Gasteiger partial charge in [-0.2, -0.15) is 0 Å². The van der Waals surface area contributed by atoms with E-state index in [1.807, 2.05) is 0 Å². The molecular formula is C16H21NO5S. The predicted molar refractivity (Wildman–Crippen MR) is 87.5 cm³/mol. The topological polar surface area (TPSA) is 101 Å². The molecule has 0 radical (unpaired) electrons. The van der Waals surface area contributed by atoms with Gasteiger partial charge in [-0.05, 0) is 43.9 Å². The summed E-state index contributed by atoms with van der Waals surface area (Å²) in [5.41, 5.74) is 1.72. The second-order valence-corrected chi connectivity index (χ2v) is 8.54. The standard InChI is InChI=1S/C16H21NO5S/c1-10-8-11(2)13(9-12(10)14(18)19)17-15(20)16(23(3,21)22)6-4-5-7-16/h8-9H,4-7H2,1-3H3,(H,17,20)(H,18,19). The van der Waals surface area contributed by atoms with E-state index >= 15 is 0 Å². The zero-order valence-corrected chi connectivity index (χ0v) is 14.3. The van der Waals surface area contributed by atoms with Gasteiger partial charge in [0.2, 0.25) is 5.91 Å². The molecule has 0 saturated heterocycles. The zero-order valence-electron chi connectivity index (χ0n) is 13.5. The second kappa shape index (κ2) is 5.96. The first-order valence-corrected chi connectivity index (χ1v) is 9.33. The van der Waals surface area contributed by atoms with Crippen molar-refractivity contribution >= 4 is 27.4 Å². The minimum absolute atomic E-state index is 0.0886. The van der Waals surface area contributed by atoms with E-state index in [1.54, 1.807) is 19.9 Å². The van der Waals surface area contributed by atoms with Crippen molar-refractivity contribution in [2.24, 2.45) is 0 Å². The lowest BCUT2D eigenvalue weighted by atomic mass is 10.0. The Kier molecular flexibility index (Phi) is 4.52. The number of carboxylic acid groups (broad SMARTS) is 1. The number of aryl methyl sites for hydroxylation is 2. The molecule has 0 atom stereocenters. The first kappa shape index (κ1) is 17.5. The summed E-state index contributed by atoms with van der Waals surface area (Å²) in [6, 6.07) is 3.05. The maximum atomic E-state index is 12.7. The number of aromatic carboxylic acids is 1. The molecule has 1 aromatic carbocycles. The number of carbonyl (C=O) groups excluding carboxylic acids is 1. The van der Waals surface area contributed by atoms with Crippen LogP contribution in [0, 0.1) is 13.8 Å². The Balaban J connectivity index is 2.40. The largest absolute Gasteiger partial charge is 0.478 e. The average Bonchev–Trinajstić information content (AvgIpc) is 2.91. The zero-order chi connectivity index (χ0) is 17.4. The Hall–Kier alpha value is -1.89. The SMILES string of the molecule is Cc1cc(C)c(C(=O)O)cc1NC(=O)C1(S(C)(=O)=O)CCCC1. The Morgan fingerprint density at radius 3 is 2.17 bits per heavy atom. The van der Waals surface area contributed by atoms with E-state index in [1.165, 1.54) is 6.07 Å². The number of hydrogen-bond donors (Lipinski definition) is 2. The molecule has 0 unspecified atom stereocenters. The molecule has 2 N–H and O–H groups in total. The third kappa shape index (κ3) is 3.10. The van der Waals surface area contributed by atoms with Gasteiger partial charge in [0.25, 0.3) is 0 Å². The van der Waals surface area contributed by atoms with Crippen LogP contribution >= 0.6 is 0 Å². The van der Waals surface area contributed by atoms with Crippen LogP contribution in [-0.4, -0.2) is 36.4 Å². The number of sulfone groups is 1. The van der Waals surface area contributed by atoms with Gasteiger partial charge in [0.15, 0.2) is 14.6 Å². The van der Waals surface area contributed by atoms with E-state index in [0.29, 0.717) is 42.5 Å². The van der Waals surface area contributed by atoms with Gasteiger partial charge in [-0.25, -0.2) is 13.2 Å². The fraction of sp³-hybridized carbons (Fsp3) is 0.500. The Labute approximate surface area is 135 Å². The van der Waals surface area contributed by atoms with Crippen molar-refractivity contribution in [2.75, 3.05) is 11.6 Å². The molecule has 0 spiro atoms. The van der Waals surface area contributed by atoms with Crippen molar-refractivity contribution in [2.45, 2.75) is 44.3 Å². The predicted octanol–water partition coefficient (Wildman–Crippen LogP) is 2.30. The van der Waals surface area contributed by atoms with E-state index < -0.39 is 26.5 Å². The summed E-state index contributed by atoms with van der Waals surface area (Å²) in [5.74, 6) is -1.66. The van der Waals surface area contributed by atoms with Crippen LogP contribution in [0.25, 0.3) is 0 Å². The number of hydrogen-bond acceptors (Lipinski definition) is 4. The van der Waals surface area contributed by atoms with Crippen LogP contribution in [0.4, 0.5) is 5.69 Å². The fourth-order valence-electron chi connectivity index (χ4n) is 3.17. The summed E-state index contributed by atoms with van der Waals surface area (Å²) in [5, 5.41) is 11.8. The van der Waals surface area contributed by atoms with Gasteiger partial charge in [0.05, 0.1) is 5.56 Å². The molecule has 126 valence electrons. The summed E-state index contributed by atoms with van der Waals surface area (Å²) in [6.07, 6.45) is 3.06. The normalized spacial score (nSPS) is 17.0. The lowest BCUT2D eigenvalue weighted by molar-refractivity contribution is -0.118. The lowest BCUT2D eigenvalue weighted by Crippen LogP contribution is -2.47. The highest BCUT2D eigenvalue weighted by atomic mass is 32.2. The minimum atomic E-state index is -3.56. The Morgan fingerprint density at radius 1 is 1.13 bits per heavy atom. The first-order valence-electron chi connectivity index (χ1n) is 7.44. The van der Waals surface area contributed by atoms with Crippen LogP contribution in [-0.2, 0) is 14.6 Å². The lowest BCUT2D eigenvalue weighted by Gasteiger charge is -2.26. The maximum Gasteiger partial charge on any atom is 0.336 e. The van der Waals surface area contributed by atoms with Gasteiger partial charge in [0.1, 0.15) is 0 Å². The van der Waals surface area contributed by atoms with Gasteiger partial charge in [0, 0.05) is 11.9 Å². The Morgan fingerprint density at radius 2 is 1.70 bits per heavy atom. The van der Waals surface area contributed by atoms with Gasteiger partial charge in [-0.1, -0.05) is 18.9 Å².